The molecular weight excluding hydrogens is 384 g/mol. The molecule has 0 aliphatic rings. The summed E-state index contributed by atoms with van der Waals surface area (Å²) >= 11 is 0. The molecule has 0 bridgehead atoms. The Labute approximate surface area is 182 Å². The molecule has 4 nitrogen and oxygen atoms in total. The highest BCUT2D eigenvalue weighted by molar-refractivity contribution is 5.80. The number of hydrogen-bond acceptors (Lipinski definition) is 4. The molecule has 0 amide bonds. The number of aromatic nitrogens is 1. The number of benzene rings is 3. The minimum atomic E-state index is 0.0148. The molecule has 1 aromatic heterocycles. The number of para-hydroxylation sites is 2. The Hall–Kier alpha value is -4.10. The fraction of sp³-hybridized carbons (Fsp3) is 0.111. The van der Waals surface area contributed by atoms with Gasteiger partial charge >= 0.3 is 0 Å². The molecule has 0 radical (unpaired) electrons. The largest absolute Gasteiger partial charge is 0.489 e. The molecule has 0 unspecified atom stereocenters. The van der Waals surface area contributed by atoms with Crippen LogP contribution in [0, 0.1) is 18.3 Å². The summed E-state index contributed by atoms with van der Waals surface area (Å²) in [6.07, 6.45) is 4.03. The highest BCUT2D eigenvalue weighted by Gasteiger charge is 2.08. The number of ether oxygens (including phenoxy) is 2. The second-order valence-electron chi connectivity index (χ2n) is 7.13. The maximum atomic E-state index is 8.82. The van der Waals surface area contributed by atoms with Gasteiger partial charge in [-0.25, -0.2) is 4.98 Å². The normalized spacial score (nSPS) is 10.8. The summed E-state index contributed by atoms with van der Waals surface area (Å²) in [5.74, 6) is 1.48. The molecule has 152 valence electrons. The van der Waals surface area contributed by atoms with Crippen LogP contribution in [-0.4, -0.2) is 11.6 Å². The van der Waals surface area contributed by atoms with Crippen molar-refractivity contribution in [2.75, 3.05) is 6.61 Å². The summed E-state index contributed by atoms with van der Waals surface area (Å²) < 4.78 is 11.6. The van der Waals surface area contributed by atoms with Crippen molar-refractivity contribution in [1.29, 1.82) is 5.26 Å². The number of hydrogen-bond donors (Lipinski definition) is 0. The summed E-state index contributed by atoms with van der Waals surface area (Å²) in [5, 5.41) is 9.94. The third-order valence-electron chi connectivity index (χ3n) is 4.89. The first kappa shape index (κ1) is 20.2. The van der Waals surface area contributed by atoms with Crippen LogP contribution in [0.3, 0.4) is 0 Å². The maximum Gasteiger partial charge on any atom is 0.174 e. The number of aryl methyl sites for hydroxylation is 1. The Morgan fingerprint density at radius 1 is 0.903 bits per heavy atom. The SMILES string of the molecule is Cc1cccc(COc2cccc(C=Cc3ccc4ccccc4n3)c2)c1OCC#N. The molecule has 0 saturated carbocycles. The van der Waals surface area contributed by atoms with Crippen LogP contribution in [0.4, 0.5) is 0 Å². The van der Waals surface area contributed by atoms with E-state index in [1.54, 1.807) is 0 Å². The van der Waals surface area contributed by atoms with Crippen molar-refractivity contribution in [3.8, 4) is 17.6 Å². The Kier molecular flexibility index (Phi) is 6.25. The van der Waals surface area contributed by atoms with E-state index in [0.717, 1.165) is 39.0 Å². The van der Waals surface area contributed by atoms with Crippen molar-refractivity contribution in [2.24, 2.45) is 0 Å². The van der Waals surface area contributed by atoms with Gasteiger partial charge in [0, 0.05) is 10.9 Å². The fourth-order valence-corrected chi connectivity index (χ4v) is 3.36. The summed E-state index contributed by atoms with van der Waals surface area (Å²) in [7, 11) is 0. The fourth-order valence-electron chi connectivity index (χ4n) is 3.36. The van der Waals surface area contributed by atoms with Crippen LogP contribution in [-0.2, 0) is 6.61 Å². The van der Waals surface area contributed by atoms with E-state index in [2.05, 4.69) is 17.1 Å². The van der Waals surface area contributed by atoms with Gasteiger partial charge in [0.2, 0.25) is 0 Å². The Balaban J connectivity index is 1.47. The van der Waals surface area contributed by atoms with Crippen molar-refractivity contribution in [3.63, 3.8) is 0 Å². The van der Waals surface area contributed by atoms with Gasteiger partial charge in [-0.05, 0) is 48.4 Å². The lowest BCUT2D eigenvalue weighted by molar-refractivity contribution is 0.291. The molecular formula is C27H22N2O2. The number of nitriles is 1. The molecule has 0 saturated heterocycles. The lowest BCUT2D eigenvalue weighted by atomic mass is 10.1. The molecule has 0 fully saturated rings. The average Bonchev–Trinajstić information content (AvgIpc) is 2.81. The second-order valence-corrected chi connectivity index (χ2v) is 7.13. The summed E-state index contributed by atoms with van der Waals surface area (Å²) in [6.45, 7) is 2.34. The molecule has 0 spiro atoms. The Morgan fingerprint density at radius 2 is 1.77 bits per heavy atom. The molecule has 0 aliphatic carbocycles. The first-order chi connectivity index (χ1) is 15.2. The highest BCUT2D eigenvalue weighted by atomic mass is 16.5. The van der Waals surface area contributed by atoms with Crippen molar-refractivity contribution in [2.45, 2.75) is 13.5 Å². The highest BCUT2D eigenvalue weighted by Crippen LogP contribution is 2.25. The van der Waals surface area contributed by atoms with E-state index < -0.39 is 0 Å². The predicted octanol–water partition coefficient (Wildman–Crippen LogP) is 6.20. The number of rotatable bonds is 7. The standard InChI is InChI=1S/C27H22N2O2/c1-20-6-4-9-23(27(20)30-17-16-28)19-31-25-10-5-7-21(18-25)12-14-24-15-13-22-8-2-3-11-26(22)29-24/h2-15,18H,17,19H2,1H3. The molecule has 0 atom stereocenters. The van der Waals surface area contributed by atoms with Crippen LogP contribution in [0.15, 0.2) is 78.9 Å². The lowest BCUT2D eigenvalue weighted by Gasteiger charge is -2.13. The first-order valence-electron chi connectivity index (χ1n) is 10.1. The van der Waals surface area contributed by atoms with E-state index in [1.807, 2.05) is 91.9 Å². The zero-order valence-corrected chi connectivity index (χ0v) is 17.3. The van der Waals surface area contributed by atoms with Crippen LogP contribution in [0.1, 0.15) is 22.4 Å². The molecule has 0 aliphatic heterocycles. The van der Waals surface area contributed by atoms with E-state index in [0.29, 0.717) is 12.4 Å². The van der Waals surface area contributed by atoms with Gasteiger partial charge in [0.1, 0.15) is 24.2 Å². The van der Waals surface area contributed by atoms with E-state index >= 15 is 0 Å². The lowest BCUT2D eigenvalue weighted by Crippen LogP contribution is -2.03. The smallest absolute Gasteiger partial charge is 0.174 e. The molecule has 4 heteroatoms. The third kappa shape index (κ3) is 5.09. The average molecular weight is 406 g/mol. The second kappa shape index (κ2) is 9.60. The monoisotopic (exact) mass is 406 g/mol. The predicted molar refractivity (Wildman–Crippen MR) is 124 cm³/mol. The molecule has 31 heavy (non-hydrogen) atoms. The number of nitrogens with zero attached hydrogens (tertiary/aromatic N) is 2. The molecule has 0 N–H and O–H groups in total. The number of pyridine rings is 1. The van der Waals surface area contributed by atoms with E-state index in [9.17, 15) is 0 Å². The van der Waals surface area contributed by atoms with Crippen LogP contribution in [0.5, 0.6) is 11.5 Å². The summed E-state index contributed by atoms with van der Waals surface area (Å²) in [6, 6.07) is 28.0. The zero-order valence-electron chi connectivity index (χ0n) is 17.3. The van der Waals surface area contributed by atoms with Gasteiger partial charge in [0.15, 0.2) is 6.61 Å². The van der Waals surface area contributed by atoms with Crippen molar-refractivity contribution >= 4 is 23.1 Å². The summed E-state index contributed by atoms with van der Waals surface area (Å²) in [5.41, 5.74) is 4.81. The topological polar surface area (TPSA) is 55.1 Å². The summed E-state index contributed by atoms with van der Waals surface area (Å²) in [4.78, 5) is 4.68. The van der Waals surface area contributed by atoms with E-state index in [4.69, 9.17) is 14.7 Å². The third-order valence-corrected chi connectivity index (χ3v) is 4.89. The molecule has 3 aromatic carbocycles. The van der Waals surface area contributed by atoms with Gasteiger partial charge in [0.05, 0.1) is 11.2 Å². The van der Waals surface area contributed by atoms with Crippen molar-refractivity contribution < 1.29 is 9.47 Å². The van der Waals surface area contributed by atoms with Gasteiger partial charge in [0.25, 0.3) is 0 Å². The van der Waals surface area contributed by atoms with Crippen LogP contribution >= 0.6 is 0 Å². The maximum absolute atomic E-state index is 8.82. The van der Waals surface area contributed by atoms with Crippen molar-refractivity contribution in [1.82, 2.24) is 4.98 Å². The molecule has 1 heterocycles. The van der Waals surface area contributed by atoms with Gasteiger partial charge in [-0.15, -0.1) is 0 Å². The zero-order chi connectivity index (χ0) is 21.5. The van der Waals surface area contributed by atoms with E-state index in [1.165, 1.54) is 0 Å². The Morgan fingerprint density at radius 3 is 2.68 bits per heavy atom. The van der Waals surface area contributed by atoms with Crippen LogP contribution in [0.2, 0.25) is 0 Å². The molecule has 4 rings (SSSR count). The minimum Gasteiger partial charge on any atom is -0.489 e. The van der Waals surface area contributed by atoms with E-state index in [-0.39, 0.29) is 6.61 Å². The van der Waals surface area contributed by atoms with Gasteiger partial charge in [-0.1, -0.05) is 60.7 Å². The number of fused-ring (bicyclic) bond motifs is 1. The van der Waals surface area contributed by atoms with Gasteiger partial charge < -0.3 is 9.47 Å². The van der Waals surface area contributed by atoms with Gasteiger partial charge in [-0.3, -0.25) is 0 Å². The quantitative estimate of drug-likeness (QED) is 0.367. The molecule has 4 aromatic rings. The first-order valence-corrected chi connectivity index (χ1v) is 10.1. The van der Waals surface area contributed by atoms with Crippen LogP contribution in [0.25, 0.3) is 23.1 Å². The minimum absolute atomic E-state index is 0.0148. The van der Waals surface area contributed by atoms with Crippen molar-refractivity contribution in [3.05, 3.63) is 101 Å². The van der Waals surface area contributed by atoms with Crippen LogP contribution < -0.4 is 9.47 Å². The van der Waals surface area contributed by atoms with Gasteiger partial charge in [-0.2, -0.15) is 5.26 Å². The Bertz CT molecular complexity index is 1270.